The van der Waals surface area contributed by atoms with E-state index in [9.17, 15) is 10.2 Å². The Bertz CT molecular complexity index is 158. The van der Waals surface area contributed by atoms with Crippen molar-refractivity contribution in [2.24, 2.45) is 5.92 Å². The molecule has 3 unspecified atom stereocenters. The van der Waals surface area contributed by atoms with E-state index in [1.165, 1.54) is 0 Å². The van der Waals surface area contributed by atoms with Crippen molar-refractivity contribution in [1.29, 1.82) is 0 Å². The fourth-order valence-corrected chi connectivity index (χ4v) is 2.73. The molecule has 0 spiro atoms. The van der Waals surface area contributed by atoms with Crippen LogP contribution in [-0.4, -0.2) is 21.9 Å². The van der Waals surface area contributed by atoms with Gasteiger partial charge in [0.05, 0.1) is 11.7 Å². The standard InChI is InChI=1S/C9H16O2/c10-8-5-1-3-7-4-2-6-9(7,8)11/h7-8,10-11H,1-6H2. The molecule has 0 aromatic heterocycles. The minimum Gasteiger partial charge on any atom is -0.390 e. The molecule has 0 saturated heterocycles. The van der Waals surface area contributed by atoms with Crippen LogP contribution in [0, 0.1) is 5.92 Å². The average molecular weight is 156 g/mol. The van der Waals surface area contributed by atoms with Gasteiger partial charge in [0.25, 0.3) is 0 Å². The summed E-state index contributed by atoms with van der Waals surface area (Å²) >= 11 is 0. The summed E-state index contributed by atoms with van der Waals surface area (Å²) in [6.45, 7) is 0. The van der Waals surface area contributed by atoms with Crippen molar-refractivity contribution in [3.8, 4) is 0 Å². The monoisotopic (exact) mass is 156 g/mol. The molecule has 0 radical (unpaired) electrons. The molecule has 0 aromatic carbocycles. The maximum Gasteiger partial charge on any atom is 0.0933 e. The minimum atomic E-state index is -0.696. The number of rotatable bonds is 0. The van der Waals surface area contributed by atoms with E-state index in [0.717, 1.165) is 38.5 Å². The second-order valence-electron chi connectivity index (χ2n) is 4.03. The van der Waals surface area contributed by atoms with Gasteiger partial charge in [0.15, 0.2) is 0 Å². The van der Waals surface area contributed by atoms with Crippen molar-refractivity contribution in [2.45, 2.75) is 50.2 Å². The highest BCUT2D eigenvalue weighted by Crippen LogP contribution is 2.45. The summed E-state index contributed by atoms with van der Waals surface area (Å²) in [6.07, 6.45) is 5.60. The van der Waals surface area contributed by atoms with Gasteiger partial charge in [-0.05, 0) is 31.6 Å². The summed E-state index contributed by atoms with van der Waals surface area (Å²) < 4.78 is 0. The number of hydrogen-bond donors (Lipinski definition) is 2. The molecule has 0 aliphatic heterocycles. The van der Waals surface area contributed by atoms with E-state index in [-0.39, 0.29) is 0 Å². The normalized spacial score (nSPS) is 50.7. The van der Waals surface area contributed by atoms with E-state index >= 15 is 0 Å². The third kappa shape index (κ3) is 1.00. The number of hydrogen-bond acceptors (Lipinski definition) is 2. The van der Waals surface area contributed by atoms with Gasteiger partial charge in [-0.15, -0.1) is 0 Å². The Morgan fingerprint density at radius 1 is 1.09 bits per heavy atom. The van der Waals surface area contributed by atoms with Gasteiger partial charge in [-0.25, -0.2) is 0 Å². The molecule has 0 amide bonds. The zero-order chi connectivity index (χ0) is 7.90. The molecule has 2 nitrogen and oxygen atoms in total. The molecule has 2 N–H and O–H groups in total. The molecule has 0 heterocycles. The second-order valence-corrected chi connectivity index (χ2v) is 4.03. The van der Waals surface area contributed by atoms with Crippen LogP contribution in [0.25, 0.3) is 0 Å². The molecule has 0 bridgehead atoms. The maximum absolute atomic E-state index is 10.0. The van der Waals surface area contributed by atoms with Gasteiger partial charge in [-0.2, -0.15) is 0 Å². The van der Waals surface area contributed by atoms with Crippen LogP contribution in [0.4, 0.5) is 0 Å². The zero-order valence-electron chi connectivity index (χ0n) is 6.79. The van der Waals surface area contributed by atoms with Crippen LogP contribution in [0.15, 0.2) is 0 Å². The Morgan fingerprint density at radius 2 is 1.82 bits per heavy atom. The Balaban J connectivity index is 2.17. The largest absolute Gasteiger partial charge is 0.390 e. The van der Waals surface area contributed by atoms with Gasteiger partial charge in [0.2, 0.25) is 0 Å². The third-order valence-corrected chi connectivity index (χ3v) is 3.44. The fourth-order valence-electron chi connectivity index (χ4n) is 2.73. The minimum absolute atomic E-state index is 0.395. The lowest BCUT2D eigenvalue weighted by atomic mass is 9.76. The van der Waals surface area contributed by atoms with E-state index in [1.807, 2.05) is 0 Å². The molecule has 2 fully saturated rings. The first-order valence-corrected chi connectivity index (χ1v) is 4.64. The SMILES string of the molecule is OC1CCCC2CCCC12O. The molecule has 0 aromatic rings. The summed E-state index contributed by atoms with van der Waals surface area (Å²) in [5, 5.41) is 19.6. The molecule has 2 rings (SSSR count). The van der Waals surface area contributed by atoms with Gasteiger partial charge in [-0.1, -0.05) is 12.8 Å². The van der Waals surface area contributed by atoms with Crippen LogP contribution < -0.4 is 0 Å². The second kappa shape index (κ2) is 2.46. The van der Waals surface area contributed by atoms with Crippen molar-refractivity contribution >= 4 is 0 Å². The summed E-state index contributed by atoms with van der Waals surface area (Å²) in [7, 11) is 0. The first-order valence-electron chi connectivity index (χ1n) is 4.64. The van der Waals surface area contributed by atoms with Gasteiger partial charge in [0.1, 0.15) is 0 Å². The summed E-state index contributed by atoms with van der Waals surface area (Å²) in [4.78, 5) is 0. The Labute approximate surface area is 67.2 Å². The van der Waals surface area contributed by atoms with Crippen molar-refractivity contribution in [3.05, 3.63) is 0 Å². The highest BCUT2D eigenvalue weighted by atomic mass is 16.3. The predicted molar refractivity (Wildman–Crippen MR) is 42.1 cm³/mol. The van der Waals surface area contributed by atoms with Crippen molar-refractivity contribution in [2.75, 3.05) is 0 Å². The molecule has 2 aliphatic rings. The van der Waals surface area contributed by atoms with Gasteiger partial charge in [0, 0.05) is 0 Å². The first kappa shape index (κ1) is 7.56. The molecular weight excluding hydrogens is 140 g/mol. The molecule has 3 atom stereocenters. The van der Waals surface area contributed by atoms with Crippen LogP contribution in [0.3, 0.4) is 0 Å². The molecule has 11 heavy (non-hydrogen) atoms. The van der Waals surface area contributed by atoms with Crippen molar-refractivity contribution in [3.63, 3.8) is 0 Å². The van der Waals surface area contributed by atoms with Crippen LogP contribution in [0.1, 0.15) is 38.5 Å². The van der Waals surface area contributed by atoms with Crippen molar-refractivity contribution < 1.29 is 10.2 Å². The number of aliphatic hydroxyl groups is 2. The van der Waals surface area contributed by atoms with E-state index in [4.69, 9.17) is 0 Å². The molecule has 2 aliphatic carbocycles. The van der Waals surface area contributed by atoms with E-state index < -0.39 is 11.7 Å². The van der Waals surface area contributed by atoms with Gasteiger partial charge < -0.3 is 10.2 Å². The predicted octanol–water partition coefficient (Wildman–Crippen LogP) is 1.06. The topological polar surface area (TPSA) is 40.5 Å². The lowest BCUT2D eigenvalue weighted by Crippen LogP contribution is -2.48. The highest BCUT2D eigenvalue weighted by molar-refractivity contribution is 5.00. The van der Waals surface area contributed by atoms with Crippen LogP contribution in [-0.2, 0) is 0 Å². The fraction of sp³-hybridized carbons (Fsp3) is 1.00. The van der Waals surface area contributed by atoms with Crippen LogP contribution in [0.5, 0.6) is 0 Å². The molecule has 2 saturated carbocycles. The number of aliphatic hydroxyl groups excluding tert-OH is 1. The summed E-state index contributed by atoms with van der Waals surface area (Å²) in [5.41, 5.74) is -0.696. The van der Waals surface area contributed by atoms with E-state index in [2.05, 4.69) is 0 Å². The Hall–Kier alpha value is -0.0800. The quantitative estimate of drug-likeness (QED) is 0.550. The van der Waals surface area contributed by atoms with Crippen LogP contribution in [0.2, 0.25) is 0 Å². The summed E-state index contributed by atoms with van der Waals surface area (Å²) in [5.74, 6) is 0.395. The lowest BCUT2D eigenvalue weighted by molar-refractivity contribution is -0.121. The smallest absolute Gasteiger partial charge is 0.0933 e. The Kier molecular flexibility index (Phi) is 1.69. The van der Waals surface area contributed by atoms with E-state index in [0.29, 0.717) is 5.92 Å². The Morgan fingerprint density at radius 3 is 2.55 bits per heavy atom. The molecule has 2 heteroatoms. The molecular formula is C9H16O2. The maximum atomic E-state index is 10.0. The summed E-state index contributed by atoms with van der Waals surface area (Å²) in [6, 6.07) is 0. The van der Waals surface area contributed by atoms with Gasteiger partial charge >= 0.3 is 0 Å². The lowest BCUT2D eigenvalue weighted by Gasteiger charge is -2.39. The number of fused-ring (bicyclic) bond motifs is 1. The van der Waals surface area contributed by atoms with Gasteiger partial charge in [-0.3, -0.25) is 0 Å². The van der Waals surface area contributed by atoms with Crippen molar-refractivity contribution in [1.82, 2.24) is 0 Å². The zero-order valence-corrected chi connectivity index (χ0v) is 6.79. The van der Waals surface area contributed by atoms with Crippen LogP contribution >= 0.6 is 0 Å². The first-order chi connectivity index (χ1) is 5.23. The van der Waals surface area contributed by atoms with E-state index in [1.54, 1.807) is 0 Å². The third-order valence-electron chi connectivity index (χ3n) is 3.44. The average Bonchev–Trinajstić information content (AvgIpc) is 2.34. The highest BCUT2D eigenvalue weighted by Gasteiger charge is 2.48. The molecule has 64 valence electrons.